The number of anilines is 2. The average molecular weight is 332 g/mol. The smallest absolute Gasteiger partial charge is 0.242 e. The van der Waals surface area contributed by atoms with Gasteiger partial charge in [-0.2, -0.15) is 0 Å². The molecule has 0 aromatic carbocycles. The SMILES string of the molecule is O=C(NCCCNc1ncccn1)[C@H]1CCCN1c1nccs1. The van der Waals surface area contributed by atoms with E-state index in [9.17, 15) is 4.79 Å². The molecule has 0 bridgehead atoms. The highest BCUT2D eigenvalue weighted by Crippen LogP contribution is 2.27. The second kappa shape index (κ2) is 7.87. The number of nitrogens with one attached hydrogen (secondary N) is 2. The van der Waals surface area contributed by atoms with Gasteiger partial charge >= 0.3 is 0 Å². The van der Waals surface area contributed by atoms with Gasteiger partial charge < -0.3 is 15.5 Å². The Morgan fingerprint density at radius 1 is 1.26 bits per heavy atom. The van der Waals surface area contributed by atoms with Gasteiger partial charge in [-0.05, 0) is 25.3 Å². The summed E-state index contributed by atoms with van der Waals surface area (Å²) in [5.41, 5.74) is 0. The topological polar surface area (TPSA) is 83.0 Å². The van der Waals surface area contributed by atoms with Crippen LogP contribution < -0.4 is 15.5 Å². The highest BCUT2D eigenvalue weighted by atomic mass is 32.1. The number of carbonyl (C=O) groups is 1. The summed E-state index contributed by atoms with van der Waals surface area (Å²) in [5, 5.41) is 9.03. The second-order valence-corrected chi connectivity index (χ2v) is 6.18. The summed E-state index contributed by atoms with van der Waals surface area (Å²) in [5.74, 6) is 0.707. The molecule has 2 aromatic heterocycles. The molecular weight excluding hydrogens is 312 g/mol. The first-order valence-corrected chi connectivity index (χ1v) is 8.67. The van der Waals surface area contributed by atoms with Crippen molar-refractivity contribution in [3.05, 3.63) is 30.0 Å². The van der Waals surface area contributed by atoms with Crippen LogP contribution in [0.15, 0.2) is 30.0 Å². The molecule has 1 aliphatic heterocycles. The standard InChI is InChI=1S/C15H20N6OS/c22-13(12-4-1-10-21(12)15-20-9-11-23-15)16-5-2-6-17-14-18-7-3-8-19-14/h3,7-9,11-12H,1-2,4-6,10H2,(H,16,22)(H,17,18,19)/t12-/m1/s1. The van der Waals surface area contributed by atoms with Gasteiger partial charge in [0.25, 0.3) is 0 Å². The molecule has 0 radical (unpaired) electrons. The van der Waals surface area contributed by atoms with E-state index < -0.39 is 0 Å². The first-order chi connectivity index (χ1) is 11.3. The molecule has 8 heteroatoms. The number of aromatic nitrogens is 3. The lowest BCUT2D eigenvalue weighted by atomic mass is 10.2. The van der Waals surface area contributed by atoms with Crippen molar-refractivity contribution in [1.29, 1.82) is 0 Å². The molecule has 0 unspecified atom stereocenters. The third kappa shape index (κ3) is 4.16. The fourth-order valence-corrected chi connectivity index (χ4v) is 3.35. The minimum atomic E-state index is -0.0911. The normalized spacial score (nSPS) is 17.2. The zero-order valence-electron chi connectivity index (χ0n) is 12.8. The zero-order valence-corrected chi connectivity index (χ0v) is 13.6. The maximum atomic E-state index is 12.4. The Labute approximate surface area is 139 Å². The highest BCUT2D eigenvalue weighted by Gasteiger charge is 2.31. The summed E-state index contributed by atoms with van der Waals surface area (Å²) in [4.78, 5) is 27.0. The van der Waals surface area contributed by atoms with Gasteiger partial charge in [-0.25, -0.2) is 15.0 Å². The van der Waals surface area contributed by atoms with Gasteiger partial charge in [-0.1, -0.05) is 0 Å². The maximum absolute atomic E-state index is 12.4. The Bertz CT molecular complexity index is 606. The summed E-state index contributed by atoms with van der Waals surface area (Å²) in [6.45, 7) is 2.27. The Hall–Kier alpha value is -2.22. The van der Waals surface area contributed by atoms with Crippen LogP contribution in [0.5, 0.6) is 0 Å². The molecule has 2 N–H and O–H groups in total. The molecule has 23 heavy (non-hydrogen) atoms. The van der Waals surface area contributed by atoms with E-state index in [0.717, 1.165) is 37.5 Å². The molecule has 0 aliphatic carbocycles. The van der Waals surface area contributed by atoms with Crippen molar-refractivity contribution in [3.63, 3.8) is 0 Å². The monoisotopic (exact) mass is 332 g/mol. The van der Waals surface area contributed by atoms with Crippen LogP contribution in [0.4, 0.5) is 11.1 Å². The van der Waals surface area contributed by atoms with Crippen molar-refractivity contribution in [2.45, 2.75) is 25.3 Å². The Kier molecular flexibility index (Phi) is 5.36. The van der Waals surface area contributed by atoms with Crippen molar-refractivity contribution < 1.29 is 4.79 Å². The molecular formula is C15H20N6OS. The number of carbonyl (C=O) groups excluding carboxylic acids is 1. The van der Waals surface area contributed by atoms with E-state index in [-0.39, 0.29) is 11.9 Å². The molecule has 2 aromatic rings. The van der Waals surface area contributed by atoms with E-state index in [0.29, 0.717) is 12.5 Å². The van der Waals surface area contributed by atoms with E-state index in [1.54, 1.807) is 36.0 Å². The van der Waals surface area contributed by atoms with Crippen LogP contribution in [-0.2, 0) is 4.79 Å². The van der Waals surface area contributed by atoms with E-state index in [1.165, 1.54) is 0 Å². The Balaban J connectivity index is 1.39. The third-order valence-electron chi connectivity index (χ3n) is 3.72. The molecule has 1 atom stereocenters. The fraction of sp³-hybridized carbons (Fsp3) is 0.467. The lowest BCUT2D eigenvalue weighted by Gasteiger charge is -2.23. The minimum absolute atomic E-state index is 0.0911. The predicted octanol–water partition coefficient (Wildman–Crippen LogP) is 1.52. The number of rotatable bonds is 7. The van der Waals surface area contributed by atoms with Gasteiger partial charge in [0.2, 0.25) is 11.9 Å². The highest BCUT2D eigenvalue weighted by molar-refractivity contribution is 7.13. The number of hydrogen-bond acceptors (Lipinski definition) is 7. The molecule has 1 saturated heterocycles. The van der Waals surface area contributed by atoms with Crippen LogP contribution in [0.1, 0.15) is 19.3 Å². The second-order valence-electron chi connectivity index (χ2n) is 5.31. The fourth-order valence-electron chi connectivity index (χ4n) is 2.63. The summed E-state index contributed by atoms with van der Waals surface area (Å²) in [6.07, 6.45) is 7.93. The van der Waals surface area contributed by atoms with Crippen molar-refractivity contribution in [3.8, 4) is 0 Å². The largest absolute Gasteiger partial charge is 0.354 e. The van der Waals surface area contributed by atoms with E-state index in [2.05, 4.69) is 30.5 Å². The third-order valence-corrected chi connectivity index (χ3v) is 4.53. The van der Waals surface area contributed by atoms with E-state index >= 15 is 0 Å². The predicted molar refractivity (Wildman–Crippen MR) is 90.6 cm³/mol. The van der Waals surface area contributed by atoms with Crippen LogP contribution in [0, 0.1) is 0 Å². The Morgan fingerprint density at radius 2 is 2.13 bits per heavy atom. The average Bonchev–Trinajstić information content (AvgIpc) is 3.26. The van der Waals surface area contributed by atoms with Crippen molar-refractivity contribution in [2.75, 3.05) is 29.9 Å². The van der Waals surface area contributed by atoms with Crippen molar-refractivity contribution in [2.24, 2.45) is 0 Å². The van der Waals surface area contributed by atoms with Crippen LogP contribution in [0.3, 0.4) is 0 Å². The van der Waals surface area contributed by atoms with Crippen molar-refractivity contribution in [1.82, 2.24) is 20.3 Å². The van der Waals surface area contributed by atoms with Crippen molar-refractivity contribution >= 4 is 28.3 Å². The molecule has 3 rings (SSSR count). The number of amides is 1. The summed E-state index contributed by atoms with van der Waals surface area (Å²) >= 11 is 1.58. The van der Waals surface area contributed by atoms with Gasteiger partial charge in [0.15, 0.2) is 5.13 Å². The first-order valence-electron chi connectivity index (χ1n) is 7.79. The number of nitrogens with zero attached hydrogens (tertiary/aromatic N) is 4. The van der Waals surface area contributed by atoms with Crippen LogP contribution in [-0.4, -0.2) is 46.5 Å². The van der Waals surface area contributed by atoms with Gasteiger partial charge in [0.1, 0.15) is 6.04 Å². The van der Waals surface area contributed by atoms with Crippen LogP contribution in [0.25, 0.3) is 0 Å². The molecule has 1 aliphatic rings. The molecule has 0 saturated carbocycles. The first kappa shape index (κ1) is 15.7. The minimum Gasteiger partial charge on any atom is -0.354 e. The molecule has 1 amide bonds. The molecule has 7 nitrogen and oxygen atoms in total. The summed E-state index contributed by atoms with van der Waals surface area (Å²) < 4.78 is 0. The maximum Gasteiger partial charge on any atom is 0.242 e. The van der Waals surface area contributed by atoms with Gasteiger partial charge in [-0.3, -0.25) is 4.79 Å². The lowest BCUT2D eigenvalue weighted by molar-refractivity contribution is -0.122. The summed E-state index contributed by atoms with van der Waals surface area (Å²) in [7, 11) is 0. The Morgan fingerprint density at radius 3 is 2.91 bits per heavy atom. The lowest BCUT2D eigenvalue weighted by Crippen LogP contribution is -2.43. The summed E-state index contributed by atoms with van der Waals surface area (Å²) in [6, 6.07) is 1.69. The van der Waals surface area contributed by atoms with Crippen LogP contribution >= 0.6 is 11.3 Å². The van der Waals surface area contributed by atoms with Gasteiger partial charge in [-0.15, -0.1) is 11.3 Å². The molecule has 1 fully saturated rings. The van der Waals surface area contributed by atoms with E-state index in [4.69, 9.17) is 0 Å². The van der Waals surface area contributed by atoms with E-state index in [1.807, 2.05) is 5.38 Å². The number of thiazole rings is 1. The molecule has 0 spiro atoms. The molecule has 3 heterocycles. The quantitative estimate of drug-likeness (QED) is 0.748. The molecule has 122 valence electrons. The van der Waals surface area contributed by atoms with Gasteiger partial charge in [0, 0.05) is 43.6 Å². The number of hydrogen-bond donors (Lipinski definition) is 2. The van der Waals surface area contributed by atoms with Crippen LogP contribution in [0.2, 0.25) is 0 Å². The van der Waals surface area contributed by atoms with Gasteiger partial charge in [0.05, 0.1) is 0 Å². The zero-order chi connectivity index (χ0) is 15.9.